The van der Waals surface area contributed by atoms with E-state index in [1.165, 1.54) is 35.9 Å². The lowest BCUT2D eigenvalue weighted by atomic mass is 9.75. The molecule has 42 heavy (non-hydrogen) atoms. The number of fused-ring (bicyclic) bond motifs is 2. The van der Waals surface area contributed by atoms with E-state index in [9.17, 15) is 9.18 Å². The summed E-state index contributed by atoms with van der Waals surface area (Å²) in [6.07, 6.45) is 3.01. The maximum atomic E-state index is 13.8. The smallest absolute Gasteiger partial charge is 0.315 e. The van der Waals surface area contributed by atoms with Crippen LogP contribution in [0.2, 0.25) is 0 Å². The number of quaternary nitrogens is 1. The average Bonchev–Trinajstić information content (AvgIpc) is 3.21. The fraction of sp³-hybridized carbons (Fsp3) is 0.324. The molecule has 3 nitrogen and oxygen atoms in total. The number of piperidine rings is 1. The number of halogens is 1. The van der Waals surface area contributed by atoms with Crippen LogP contribution in [0, 0.1) is 11.7 Å². The molecule has 4 aromatic rings. The topological polar surface area (TPSA) is 26.3 Å². The Bertz CT molecular complexity index is 1380. The average molecular weight is 581 g/mol. The first-order valence-corrected chi connectivity index (χ1v) is 15.9. The van der Waals surface area contributed by atoms with Gasteiger partial charge in [-0.2, -0.15) is 0 Å². The highest BCUT2D eigenvalue weighted by Gasteiger charge is 2.59. The Hall–Kier alpha value is -3.41. The Morgan fingerprint density at radius 2 is 1.36 bits per heavy atom. The van der Waals surface area contributed by atoms with E-state index in [1.54, 1.807) is 0 Å². The number of methoxy groups -OCH3 is 1. The zero-order chi connectivity index (χ0) is 29.2. The van der Waals surface area contributed by atoms with Crippen LogP contribution < -0.4 is 0 Å². The quantitative estimate of drug-likeness (QED) is 0.115. The highest BCUT2D eigenvalue weighted by Crippen LogP contribution is 2.53. The van der Waals surface area contributed by atoms with Crippen molar-refractivity contribution in [3.05, 3.63) is 143 Å². The Kier molecular flexibility index (Phi) is 8.24. The molecule has 2 bridgehead atoms. The summed E-state index contributed by atoms with van der Waals surface area (Å²) < 4.78 is 19.7. The lowest BCUT2D eigenvalue weighted by molar-refractivity contribution is -0.949. The van der Waals surface area contributed by atoms with Crippen molar-refractivity contribution in [2.75, 3.05) is 26.5 Å². The van der Waals surface area contributed by atoms with Gasteiger partial charge in [-0.05, 0) is 34.4 Å². The van der Waals surface area contributed by atoms with Gasteiger partial charge >= 0.3 is 5.97 Å². The van der Waals surface area contributed by atoms with Crippen LogP contribution in [0.25, 0.3) is 0 Å². The van der Waals surface area contributed by atoms with Crippen molar-refractivity contribution in [2.24, 2.45) is 5.92 Å². The predicted molar refractivity (Wildman–Crippen MR) is 169 cm³/mol. The van der Waals surface area contributed by atoms with E-state index in [4.69, 9.17) is 4.74 Å². The number of esters is 1. The summed E-state index contributed by atoms with van der Waals surface area (Å²) in [6, 6.07) is 39.9. The van der Waals surface area contributed by atoms with Crippen molar-refractivity contribution in [1.82, 2.24) is 0 Å². The minimum Gasteiger partial charge on any atom is -0.469 e. The number of ether oxygens (including phenoxy) is 1. The zero-order valence-electron chi connectivity index (χ0n) is 24.4. The summed E-state index contributed by atoms with van der Waals surface area (Å²) in [7, 11) is 3.86. The van der Waals surface area contributed by atoms with Gasteiger partial charge in [0.2, 0.25) is 0 Å². The van der Waals surface area contributed by atoms with Crippen LogP contribution in [0.5, 0.6) is 0 Å². The van der Waals surface area contributed by atoms with Crippen LogP contribution in [0.4, 0.5) is 4.39 Å². The highest BCUT2D eigenvalue weighted by molar-refractivity contribution is 8.00. The molecule has 5 heteroatoms. The molecule has 0 aliphatic carbocycles. The monoisotopic (exact) mass is 580 g/mol. The molecule has 2 aliphatic heterocycles. The molecule has 0 aromatic heterocycles. The molecule has 0 amide bonds. The third-order valence-electron chi connectivity index (χ3n) is 9.97. The first kappa shape index (κ1) is 28.7. The molecular weight excluding hydrogens is 541 g/mol. The molecule has 216 valence electrons. The third-order valence-corrected chi connectivity index (χ3v) is 11.5. The van der Waals surface area contributed by atoms with Gasteiger partial charge in [-0.15, -0.1) is 11.8 Å². The second kappa shape index (κ2) is 12.1. The van der Waals surface area contributed by atoms with Crippen molar-refractivity contribution in [3.63, 3.8) is 0 Å². The minimum absolute atomic E-state index is 0.0476. The van der Waals surface area contributed by atoms with Gasteiger partial charge in [0.15, 0.2) is 0 Å². The lowest BCUT2D eigenvalue weighted by Crippen LogP contribution is -2.63. The molecule has 2 fully saturated rings. The highest BCUT2D eigenvalue weighted by atomic mass is 32.2. The number of thioether (sulfide) groups is 1. The van der Waals surface area contributed by atoms with Gasteiger partial charge in [0.25, 0.3) is 0 Å². The van der Waals surface area contributed by atoms with Crippen LogP contribution in [0.15, 0.2) is 115 Å². The normalized spacial score (nSPS) is 25.2. The number of rotatable bonds is 9. The van der Waals surface area contributed by atoms with E-state index >= 15 is 0 Å². The maximum Gasteiger partial charge on any atom is 0.315 e. The second-order valence-corrected chi connectivity index (χ2v) is 13.2. The van der Waals surface area contributed by atoms with E-state index in [0.29, 0.717) is 6.04 Å². The lowest BCUT2D eigenvalue weighted by Gasteiger charge is -2.50. The molecule has 2 heterocycles. The summed E-state index contributed by atoms with van der Waals surface area (Å²) in [5.74, 6) is 0.349. The number of carbonyl (C=O) groups is 1. The molecule has 0 N–H and O–H groups in total. The largest absolute Gasteiger partial charge is 0.469 e. The van der Waals surface area contributed by atoms with Crippen molar-refractivity contribution >= 4 is 17.7 Å². The first-order chi connectivity index (χ1) is 20.5. The number of benzene rings is 4. The third kappa shape index (κ3) is 5.07. The van der Waals surface area contributed by atoms with Gasteiger partial charge in [0.1, 0.15) is 17.8 Å². The van der Waals surface area contributed by atoms with Crippen LogP contribution >= 0.6 is 11.8 Å². The number of nitrogens with zero attached hydrogens (tertiary/aromatic N) is 1. The minimum atomic E-state index is -0.365. The Morgan fingerprint density at radius 1 is 0.833 bits per heavy atom. The van der Waals surface area contributed by atoms with Gasteiger partial charge in [-0.3, -0.25) is 4.79 Å². The standard InChI is InChI=1S/C37H39FNO2S/c1-39(32-22-23-34(39)35(36(40)41-2)33(26-32)27-18-20-31(38)21-19-27)24-25-42-37(28-12-6-3-7-13-28,29-14-8-4-9-15-29)30-16-10-5-11-17-30/h3-21,32-35H,22-26H2,1-2H3/q+1/t32?,33-,34?,35+,39?/m1/s1. The van der Waals surface area contributed by atoms with E-state index in [2.05, 4.69) is 98.0 Å². The van der Waals surface area contributed by atoms with Crippen molar-refractivity contribution < 1.29 is 18.4 Å². The predicted octanol–water partition coefficient (Wildman–Crippen LogP) is 7.81. The second-order valence-electron chi connectivity index (χ2n) is 11.9. The van der Waals surface area contributed by atoms with Gasteiger partial charge in [0, 0.05) is 30.9 Å². The van der Waals surface area contributed by atoms with Gasteiger partial charge in [-0.25, -0.2) is 4.39 Å². The molecule has 0 spiro atoms. The van der Waals surface area contributed by atoms with E-state index in [-0.39, 0.29) is 34.4 Å². The summed E-state index contributed by atoms with van der Waals surface area (Å²) in [4.78, 5) is 13.4. The van der Waals surface area contributed by atoms with Crippen LogP contribution in [0.3, 0.4) is 0 Å². The molecule has 5 atom stereocenters. The molecule has 2 saturated heterocycles. The van der Waals surface area contributed by atoms with Gasteiger partial charge in [-0.1, -0.05) is 103 Å². The molecule has 3 unspecified atom stereocenters. The SMILES string of the molecule is COC(=O)[C@@H]1C2CCC(C[C@@H]1c1ccc(F)cc1)[N+]2(C)CCSC(c1ccccc1)(c1ccccc1)c1ccccc1. The summed E-state index contributed by atoms with van der Waals surface area (Å²) >= 11 is 1.99. The number of hydrogen-bond acceptors (Lipinski definition) is 3. The molecule has 0 saturated carbocycles. The molecule has 0 radical (unpaired) electrons. The zero-order valence-corrected chi connectivity index (χ0v) is 25.2. The number of hydrogen-bond donors (Lipinski definition) is 0. The Morgan fingerprint density at radius 3 is 1.86 bits per heavy atom. The van der Waals surface area contributed by atoms with Crippen molar-refractivity contribution in [3.8, 4) is 0 Å². The first-order valence-electron chi connectivity index (χ1n) is 15.0. The van der Waals surface area contributed by atoms with Crippen LogP contribution in [0.1, 0.15) is 47.4 Å². The van der Waals surface area contributed by atoms with E-state index in [0.717, 1.165) is 41.6 Å². The Labute approximate surface area is 253 Å². The van der Waals surface area contributed by atoms with Crippen LogP contribution in [-0.2, 0) is 14.3 Å². The summed E-state index contributed by atoms with van der Waals surface area (Å²) in [6.45, 7) is 0.956. The maximum absolute atomic E-state index is 13.8. The molecular formula is C37H39FNO2S+. The van der Waals surface area contributed by atoms with Gasteiger partial charge in [0.05, 0.1) is 31.5 Å². The molecule has 2 aliphatic rings. The molecule has 6 rings (SSSR count). The Balaban J connectivity index is 1.33. The van der Waals surface area contributed by atoms with Crippen molar-refractivity contribution in [1.29, 1.82) is 0 Å². The van der Waals surface area contributed by atoms with E-state index in [1.807, 2.05) is 23.9 Å². The van der Waals surface area contributed by atoms with Crippen molar-refractivity contribution in [2.45, 2.75) is 42.0 Å². The number of carbonyl (C=O) groups excluding carboxylic acids is 1. The van der Waals surface area contributed by atoms with Gasteiger partial charge < -0.3 is 9.22 Å². The molecule has 4 aromatic carbocycles. The summed E-state index contributed by atoms with van der Waals surface area (Å²) in [5, 5.41) is 0. The fourth-order valence-electron chi connectivity index (χ4n) is 7.86. The van der Waals surface area contributed by atoms with Crippen LogP contribution in [-0.4, -0.2) is 49.0 Å². The fourth-order valence-corrected chi connectivity index (χ4v) is 9.56. The van der Waals surface area contributed by atoms with E-state index < -0.39 is 0 Å². The summed E-state index contributed by atoms with van der Waals surface area (Å²) in [5.41, 5.74) is 4.84.